The van der Waals surface area contributed by atoms with Crippen LogP contribution in [0.3, 0.4) is 0 Å². The zero-order chi connectivity index (χ0) is 12.6. The zero-order valence-corrected chi connectivity index (χ0v) is 11.5. The van der Waals surface area contributed by atoms with E-state index in [0.717, 1.165) is 12.2 Å². The summed E-state index contributed by atoms with van der Waals surface area (Å²) in [7, 11) is 2.07. The molecule has 1 N–H and O–H groups in total. The predicted molar refractivity (Wildman–Crippen MR) is 74.0 cm³/mol. The molecule has 2 nitrogen and oxygen atoms in total. The molecule has 0 bridgehead atoms. The first-order chi connectivity index (χ1) is 8.72. The van der Waals surface area contributed by atoms with Crippen LogP contribution in [0.4, 0.5) is 0 Å². The molecule has 0 radical (unpaired) electrons. The van der Waals surface area contributed by atoms with E-state index < -0.39 is 0 Å². The summed E-state index contributed by atoms with van der Waals surface area (Å²) in [6.07, 6.45) is 7.57. The summed E-state index contributed by atoms with van der Waals surface area (Å²) < 4.78 is 6.41. The number of ether oxygens (including phenoxy) is 1. The molecule has 1 aromatic rings. The highest BCUT2D eigenvalue weighted by Crippen LogP contribution is 2.46. The van der Waals surface area contributed by atoms with Crippen LogP contribution in [0.5, 0.6) is 5.75 Å². The minimum absolute atomic E-state index is 0.105. The molecule has 1 heterocycles. The Morgan fingerprint density at radius 3 is 2.72 bits per heavy atom. The summed E-state index contributed by atoms with van der Waals surface area (Å²) in [6, 6.07) is 7.04. The highest BCUT2D eigenvalue weighted by molar-refractivity contribution is 5.41. The van der Waals surface area contributed by atoms with E-state index in [9.17, 15) is 0 Å². The number of rotatable bonds is 1. The topological polar surface area (TPSA) is 21.3 Å². The SMILES string of the molecule is CNC1CC2(CCCCC2)Oc2ccc(C)cc21. The molecule has 0 aromatic heterocycles. The third-order valence-corrected chi connectivity index (χ3v) is 4.56. The molecule has 2 aliphatic rings. The van der Waals surface area contributed by atoms with Crippen molar-refractivity contribution in [1.82, 2.24) is 5.32 Å². The highest BCUT2D eigenvalue weighted by atomic mass is 16.5. The molecule has 18 heavy (non-hydrogen) atoms. The van der Waals surface area contributed by atoms with Gasteiger partial charge in [-0.05, 0) is 45.7 Å². The molecule has 98 valence electrons. The quantitative estimate of drug-likeness (QED) is 0.813. The highest BCUT2D eigenvalue weighted by Gasteiger charge is 2.41. The minimum Gasteiger partial charge on any atom is -0.487 e. The third kappa shape index (κ3) is 2.03. The molecule has 1 spiro atoms. The fourth-order valence-corrected chi connectivity index (χ4v) is 3.55. The van der Waals surface area contributed by atoms with E-state index in [2.05, 4.69) is 37.5 Å². The van der Waals surface area contributed by atoms with Gasteiger partial charge < -0.3 is 10.1 Å². The maximum atomic E-state index is 6.41. The van der Waals surface area contributed by atoms with Gasteiger partial charge in [0.2, 0.25) is 0 Å². The Kier molecular flexibility index (Phi) is 3.06. The number of hydrogen-bond donors (Lipinski definition) is 1. The summed E-state index contributed by atoms with van der Waals surface area (Å²) in [6.45, 7) is 2.15. The molecule has 1 atom stereocenters. The molecular weight excluding hydrogens is 222 g/mol. The van der Waals surface area contributed by atoms with Crippen molar-refractivity contribution in [2.75, 3.05) is 7.05 Å². The Bertz CT molecular complexity index is 435. The summed E-state index contributed by atoms with van der Waals surface area (Å²) >= 11 is 0. The lowest BCUT2D eigenvalue weighted by molar-refractivity contribution is -0.00178. The van der Waals surface area contributed by atoms with Crippen LogP contribution in [0, 0.1) is 6.92 Å². The van der Waals surface area contributed by atoms with Gasteiger partial charge in [-0.2, -0.15) is 0 Å². The normalized spacial score (nSPS) is 25.6. The Hall–Kier alpha value is -1.02. The lowest BCUT2D eigenvalue weighted by Crippen LogP contribution is -2.45. The third-order valence-electron chi connectivity index (χ3n) is 4.56. The van der Waals surface area contributed by atoms with Crippen LogP contribution in [0.25, 0.3) is 0 Å². The van der Waals surface area contributed by atoms with Crippen molar-refractivity contribution in [2.24, 2.45) is 0 Å². The Balaban J connectivity index is 1.96. The molecule has 0 saturated heterocycles. The Morgan fingerprint density at radius 2 is 2.00 bits per heavy atom. The van der Waals surface area contributed by atoms with E-state index in [1.807, 2.05) is 0 Å². The van der Waals surface area contributed by atoms with Crippen molar-refractivity contribution in [3.63, 3.8) is 0 Å². The number of fused-ring (bicyclic) bond motifs is 1. The molecule has 1 aliphatic carbocycles. The minimum atomic E-state index is 0.105. The van der Waals surface area contributed by atoms with Crippen molar-refractivity contribution < 1.29 is 4.74 Å². The van der Waals surface area contributed by atoms with Crippen LogP contribution >= 0.6 is 0 Å². The van der Waals surface area contributed by atoms with Gasteiger partial charge in [-0.15, -0.1) is 0 Å². The van der Waals surface area contributed by atoms with Gasteiger partial charge in [0.15, 0.2) is 0 Å². The second-order valence-corrected chi connectivity index (χ2v) is 5.93. The summed E-state index contributed by atoms with van der Waals surface area (Å²) in [5.74, 6) is 1.10. The van der Waals surface area contributed by atoms with Crippen molar-refractivity contribution in [3.05, 3.63) is 29.3 Å². The van der Waals surface area contributed by atoms with Crippen LogP contribution < -0.4 is 10.1 Å². The van der Waals surface area contributed by atoms with E-state index in [0.29, 0.717) is 6.04 Å². The number of hydrogen-bond acceptors (Lipinski definition) is 2. The second-order valence-electron chi connectivity index (χ2n) is 5.93. The van der Waals surface area contributed by atoms with Gasteiger partial charge in [-0.3, -0.25) is 0 Å². The molecule has 1 saturated carbocycles. The van der Waals surface area contributed by atoms with Crippen LogP contribution in [0.2, 0.25) is 0 Å². The monoisotopic (exact) mass is 245 g/mol. The van der Waals surface area contributed by atoms with Crippen LogP contribution in [0.1, 0.15) is 55.7 Å². The van der Waals surface area contributed by atoms with Crippen LogP contribution in [-0.4, -0.2) is 12.6 Å². The second kappa shape index (κ2) is 4.58. The van der Waals surface area contributed by atoms with Crippen molar-refractivity contribution in [1.29, 1.82) is 0 Å². The number of benzene rings is 1. The van der Waals surface area contributed by atoms with E-state index in [-0.39, 0.29) is 5.60 Å². The van der Waals surface area contributed by atoms with Crippen molar-refractivity contribution >= 4 is 0 Å². The lowest BCUT2D eigenvalue weighted by atomic mass is 9.77. The first kappa shape index (κ1) is 12.0. The van der Waals surface area contributed by atoms with E-state index >= 15 is 0 Å². The van der Waals surface area contributed by atoms with E-state index in [1.165, 1.54) is 43.2 Å². The first-order valence-electron chi connectivity index (χ1n) is 7.19. The molecule has 1 aromatic carbocycles. The lowest BCUT2D eigenvalue weighted by Gasteiger charge is -2.44. The smallest absolute Gasteiger partial charge is 0.124 e. The fourth-order valence-electron chi connectivity index (χ4n) is 3.55. The Labute approximate surface area is 110 Å². The summed E-state index contributed by atoms with van der Waals surface area (Å²) in [4.78, 5) is 0. The van der Waals surface area contributed by atoms with E-state index in [1.54, 1.807) is 0 Å². The number of aryl methyl sites for hydroxylation is 1. The zero-order valence-electron chi connectivity index (χ0n) is 11.5. The molecular formula is C16H23NO. The summed E-state index contributed by atoms with van der Waals surface area (Å²) in [5.41, 5.74) is 2.76. The maximum Gasteiger partial charge on any atom is 0.124 e. The van der Waals surface area contributed by atoms with E-state index in [4.69, 9.17) is 4.74 Å². The van der Waals surface area contributed by atoms with Gasteiger partial charge in [-0.1, -0.05) is 24.1 Å². The molecule has 0 amide bonds. The average Bonchev–Trinajstić information content (AvgIpc) is 2.39. The maximum absolute atomic E-state index is 6.41. The molecule has 3 rings (SSSR count). The van der Waals surface area contributed by atoms with Crippen molar-refractivity contribution in [3.8, 4) is 5.75 Å². The number of nitrogens with one attached hydrogen (secondary N) is 1. The standard InChI is InChI=1S/C16H23NO/c1-12-6-7-15-13(10-12)14(17-2)11-16(18-15)8-4-3-5-9-16/h6-7,10,14,17H,3-5,8-9,11H2,1-2H3. The summed E-state index contributed by atoms with van der Waals surface area (Å²) in [5, 5.41) is 3.48. The fraction of sp³-hybridized carbons (Fsp3) is 0.625. The Morgan fingerprint density at radius 1 is 1.22 bits per heavy atom. The van der Waals surface area contributed by atoms with Crippen molar-refractivity contribution in [2.45, 2.75) is 57.1 Å². The largest absolute Gasteiger partial charge is 0.487 e. The van der Waals surface area contributed by atoms with Gasteiger partial charge in [0, 0.05) is 18.0 Å². The van der Waals surface area contributed by atoms with Gasteiger partial charge >= 0.3 is 0 Å². The van der Waals surface area contributed by atoms with Gasteiger partial charge in [0.05, 0.1) is 0 Å². The van der Waals surface area contributed by atoms with Gasteiger partial charge in [0.1, 0.15) is 11.4 Å². The molecule has 2 heteroatoms. The molecule has 1 aliphatic heterocycles. The van der Waals surface area contributed by atoms with Gasteiger partial charge in [-0.25, -0.2) is 0 Å². The van der Waals surface area contributed by atoms with Crippen LogP contribution in [-0.2, 0) is 0 Å². The van der Waals surface area contributed by atoms with Gasteiger partial charge in [0.25, 0.3) is 0 Å². The average molecular weight is 245 g/mol. The van der Waals surface area contributed by atoms with Crippen LogP contribution in [0.15, 0.2) is 18.2 Å². The molecule has 1 fully saturated rings. The predicted octanol–water partition coefficient (Wildman–Crippen LogP) is 3.74. The first-order valence-corrected chi connectivity index (χ1v) is 7.19. The molecule has 1 unspecified atom stereocenters.